The minimum absolute atomic E-state index is 0.511. The fourth-order valence-corrected chi connectivity index (χ4v) is 4.08. The summed E-state index contributed by atoms with van der Waals surface area (Å²) in [6.07, 6.45) is 0. The smallest absolute Gasteiger partial charge is 0.207 e. The number of benzene rings is 3. The zero-order valence-electron chi connectivity index (χ0n) is 22.7. The highest BCUT2D eigenvalue weighted by Gasteiger charge is 2.21. The number of rotatable bonds is 6. The molecular weight excluding hydrogens is 424 g/mol. The van der Waals surface area contributed by atoms with Gasteiger partial charge in [-0.2, -0.15) is 0 Å². The number of hydrogen-bond donors (Lipinski definition) is 0. The molecule has 0 saturated carbocycles. The summed E-state index contributed by atoms with van der Waals surface area (Å²) in [7, 11) is 0. The summed E-state index contributed by atoms with van der Waals surface area (Å²) in [4.78, 5) is 0. The van der Waals surface area contributed by atoms with Crippen molar-refractivity contribution in [3.05, 3.63) is 102 Å². The first kappa shape index (κ1) is 26.4. The standard InChI is InChI=1S/C32H35O.C2H6/c1-21(2)24-7-13-27(14-8-24)30-19-31(28-15-9-25(10-16-28)22(3)4)33-32(20-30)29-17-11-26(12-18-29)23(5)6;1-2/h7-23H,1-6H3;1-2H3/q+1;. The van der Waals surface area contributed by atoms with Crippen LogP contribution >= 0.6 is 0 Å². The van der Waals surface area contributed by atoms with Crippen molar-refractivity contribution >= 4 is 0 Å². The maximum atomic E-state index is 6.47. The Morgan fingerprint density at radius 3 is 0.971 bits per heavy atom. The Labute approximate surface area is 212 Å². The third kappa shape index (κ3) is 6.48. The van der Waals surface area contributed by atoms with Gasteiger partial charge < -0.3 is 0 Å². The lowest BCUT2D eigenvalue weighted by Crippen LogP contribution is -1.90. The SMILES string of the molecule is CC.CC(C)c1ccc(-c2cc(-c3ccc(C(C)C)cc3)[o+]c(-c3ccc(C(C)C)cc3)c2)cc1. The van der Waals surface area contributed by atoms with Crippen molar-refractivity contribution in [2.45, 2.75) is 73.1 Å². The monoisotopic (exact) mass is 465 g/mol. The summed E-state index contributed by atoms with van der Waals surface area (Å²) >= 11 is 0. The van der Waals surface area contributed by atoms with Crippen LogP contribution in [0.2, 0.25) is 0 Å². The molecule has 0 radical (unpaired) electrons. The van der Waals surface area contributed by atoms with Gasteiger partial charge in [0, 0.05) is 5.56 Å². The number of hydrogen-bond acceptors (Lipinski definition) is 0. The second kappa shape index (κ2) is 12.0. The molecule has 0 aliphatic heterocycles. The van der Waals surface area contributed by atoms with Gasteiger partial charge in [0.2, 0.25) is 0 Å². The van der Waals surface area contributed by atoms with Crippen LogP contribution in [0.3, 0.4) is 0 Å². The third-order valence-corrected chi connectivity index (χ3v) is 6.43. The predicted molar refractivity (Wildman–Crippen MR) is 153 cm³/mol. The Kier molecular flexibility index (Phi) is 9.04. The summed E-state index contributed by atoms with van der Waals surface area (Å²) in [5, 5.41) is 0. The summed E-state index contributed by atoms with van der Waals surface area (Å²) in [6.45, 7) is 17.3. The molecule has 0 fully saturated rings. The predicted octanol–water partition coefficient (Wildman–Crippen LogP) is 11.0. The minimum atomic E-state index is 0.511. The molecule has 0 N–H and O–H groups in total. The van der Waals surface area contributed by atoms with Crippen LogP contribution in [-0.4, -0.2) is 0 Å². The first-order valence-corrected chi connectivity index (χ1v) is 13.1. The van der Waals surface area contributed by atoms with E-state index in [-0.39, 0.29) is 0 Å². The van der Waals surface area contributed by atoms with Crippen LogP contribution < -0.4 is 0 Å². The van der Waals surface area contributed by atoms with Gasteiger partial charge in [-0.1, -0.05) is 104 Å². The maximum Gasteiger partial charge on any atom is 0.361 e. The van der Waals surface area contributed by atoms with Gasteiger partial charge >= 0.3 is 11.5 Å². The zero-order chi connectivity index (χ0) is 25.5. The molecule has 0 aliphatic rings. The van der Waals surface area contributed by atoms with Crippen molar-refractivity contribution in [1.29, 1.82) is 0 Å². The van der Waals surface area contributed by atoms with E-state index in [2.05, 4.69) is 126 Å². The molecule has 3 aromatic carbocycles. The lowest BCUT2D eigenvalue weighted by molar-refractivity contribution is 0.582. The first-order valence-electron chi connectivity index (χ1n) is 13.1. The molecule has 0 aliphatic carbocycles. The molecule has 1 aromatic heterocycles. The summed E-state index contributed by atoms with van der Waals surface area (Å²) < 4.78 is 6.47. The van der Waals surface area contributed by atoms with E-state index in [1.165, 1.54) is 27.8 Å². The summed E-state index contributed by atoms with van der Waals surface area (Å²) in [6, 6.07) is 30.8. The minimum Gasteiger partial charge on any atom is -0.207 e. The highest BCUT2D eigenvalue weighted by atomic mass is 16.3. The Bertz CT molecular complexity index is 1030. The topological polar surface area (TPSA) is 11.3 Å². The first-order chi connectivity index (χ1) is 16.8. The Balaban J connectivity index is 0.00000167. The molecule has 1 heteroatoms. The van der Waals surface area contributed by atoms with Crippen molar-refractivity contribution in [1.82, 2.24) is 0 Å². The molecule has 1 nitrogen and oxygen atoms in total. The van der Waals surface area contributed by atoms with Gasteiger partial charge in [-0.25, -0.2) is 4.42 Å². The van der Waals surface area contributed by atoms with Gasteiger partial charge in [0.25, 0.3) is 0 Å². The van der Waals surface area contributed by atoms with E-state index in [0.29, 0.717) is 17.8 Å². The van der Waals surface area contributed by atoms with Crippen LogP contribution in [0.25, 0.3) is 33.8 Å². The summed E-state index contributed by atoms with van der Waals surface area (Å²) in [5.74, 6) is 3.32. The lowest BCUT2D eigenvalue weighted by Gasteiger charge is -2.08. The fourth-order valence-electron chi connectivity index (χ4n) is 4.08. The summed E-state index contributed by atoms with van der Waals surface area (Å²) in [5.41, 5.74) is 8.60. The Morgan fingerprint density at radius 2 is 0.686 bits per heavy atom. The maximum absolute atomic E-state index is 6.47. The molecule has 1 heterocycles. The molecule has 4 aromatic rings. The average Bonchev–Trinajstić information content (AvgIpc) is 2.89. The molecule has 35 heavy (non-hydrogen) atoms. The molecule has 0 spiro atoms. The molecule has 0 bridgehead atoms. The van der Waals surface area contributed by atoms with Crippen molar-refractivity contribution < 1.29 is 4.42 Å². The van der Waals surface area contributed by atoms with Crippen LogP contribution in [0.5, 0.6) is 0 Å². The fraction of sp³-hybridized carbons (Fsp3) is 0.324. The molecule has 4 rings (SSSR count). The van der Waals surface area contributed by atoms with E-state index >= 15 is 0 Å². The molecule has 0 saturated heterocycles. The molecular formula is C34H41O+. The van der Waals surface area contributed by atoms with Crippen LogP contribution in [-0.2, 0) is 0 Å². The van der Waals surface area contributed by atoms with E-state index in [9.17, 15) is 0 Å². The molecule has 0 amide bonds. The Hall–Kier alpha value is -3.19. The largest absolute Gasteiger partial charge is 0.361 e. The van der Waals surface area contributed by atoms with Crippen molar-refractivity contribution in [3.63, 3.8) is 0 Å². The van der Waals surface area contributed by atoms with E-state index in [1.807, 2.05) is 13.8 Å². The molecule has 0 unspecified atom stereocenters. The Morgan fingerprint density at radius 1 is 0.400 bits per heavy atom. The van der Waals surface area contributed by atoms with Crippen LogP contribution in [0.4, 0.5) is 0 Å². The van der Waals surface area contributed by atoms with Gasteiger partial charge in [0.05, 0.1) is 23.3 Å². The van der Waals surface area contributed by atoms with Gasteiger partial charge in [0.1, 0.15) is 0 Å². The second-order valence-corrected chi connectivity index (χ2v) is 9.90. The third-order valence-electron chi connectivity index (χ3n) is 6.43. The lowest BCUT2D eigenvalue weighted by atomic mass is 9.96. The molecule has 0 atom stereocenters. The highest BCUT2D eigenvalue weighted by Crippen LogP contribution is 2.34. The van der Waals surface area contributed by atoms with E-state index in [1.54, 1.807) is 0 Å². The van der Waals surface area contributed by atoms with Crippen molar-refractivity contribution in [2.75, 3.05) is 0 Å². The van der Waals surface area contributed by atoms with Gasteiger partial charge in [-0.15, -0.1) is 0 Å². The quantitative estimate of drug-likeness (QED) is 0.258. The van der Waals surface area contributed by atoms with Gasteiger partial charge in [0.15, 0.2) is 0 Å². The molecule has 182 valence electrons. The van der Waals surface area contributed by atoms with Gasteiger partial charge in [-0.3, -0.25) is 0 Å². The van der Waals surface area contributed by atoms with Crippen LogP contribution in [0.1, 0.15) is 89.8 Å². The van der Waals surface area contributed by atoms with Crippen molar-refractivity contribution in [3.8, 4) is 33.8 Å². The van der Waals surface area contributed by atoms with Crippen molar-refractivity contribution in [2.24, 2.45) is 0 Å². The second-order valence-electron chi connectivity index (χ2n) is 9.90. The van der Waals surface area contributed by atoms with E-state index in [0.717, 1.165) is 22.6 Å². The van der Waals surface area contributed by atoms with E-state index < -0.39 is 0 Å². The average molecular weight is 466 g/mol. The van der Waals surface area contributed by atoms with E-state index in [4.69, 9.17) is 4.42 Å². The van der Waals surface area contributed by atoms with Crippen LogP contribution in [0, 0.1) is 0 Å². The van der Waals surface area contributed by atoms with Gasteiger partial charge in [-0.05, 0) is 64.3 Å². The highest BCUT2D eigenvalue weighted by molar-refractivity contribution is 5.74. The zero-order valence-corrected chi connectivity index (χ0v) is 22.7. The normalized spacial score (nSPS) is 11.1. The van der Waals surface area contributed by atoms with Crippen LogP contribution in [0.15, 0.2) is 89.3 Å².